The van der Waals surface area contributed by atoms with Crippen LogP contribution < -0.4 is 0 Å². The molecule has 2 rings (SSSR count). The summed E-state index contributed by atoms with van der Waals surface area (Å²) in [5.41, 5.74) is 0. The summed E-state index contributed by atoms with van der Waals surface area (Å²) in [6.07, 6.45) is 9.03. The first-order valence-corrected chi connectivity index (χ1v) is 7.47. The molecule has 0 spiro atoms. The van der Waals surface area contributed by atoms with Crippen molar-refractivity contribution in [2.24, 2.45) is 0 Å². The maximum Gasteiger partial charge on any atom is 0.0431 e. The lowest BCUT2D eigenvalue weighted by atomic mass is 10.1. The first-order chi connectivity index (χ1) is 8.40. The van der Waals surface area contributed by atoms with Crippen LogP contribution in [0.25, 0.3) is 0 Å². The summed E-state index contributed by atoms with van der Waals surface area (Å²) in [4.78, 5) is 5.27. The molecule has 0 aromatic carbocycles. The summed E-state index contributed by atoms with van der Waals surface area (Å²) in [5, 5.41) is 8.91. The van der Waals surface area contributed by atoms with Gasteiger partial charge in [-0.1, -0.05) is 0 Å². The van der Waals surface area contributed by atoms with Crippen LogP contribution in [0, 0.1) is 0 Å². The number of hydrogen-bond donors (Lipinski definition) is 1. The Labute approximate surface area is 106 Å². The Kier molecular flexibility index (Phi) is 5.75. The molecule has 1 atom stereocenters. The second-order valence-electron chi connectivity index (χ2n) is 5.60. The summed E-state index contributed by atoms with van der Waals surface area (Å²) in [5.74, 6) is 0. The molecule has 2 fully saturated rings. The van der Waals surface area contributed by atoms with Gasteiger partial charge in [0, 0.05) is 12.6 Å². The number of aliphatic hydroxyl groups excluding tert-OH is 1. The fourth-order valence-electron chi connectivity index (χ4n) is 3.35. The molecule has 3 nitrogen and oxygen atoms in total. The highest BCUT2D eigenvalue weighted by Crippen LogP contribution is 2.21. The van der Waals surface area contributed by atoms with E-state index in [0.717, 1.165) is 12.5 Å². The van der Waals surface area contributed by atoms with Gasteiger partial charge >= 0.3 is 0 Å². The molecule has 1 N–H and O–H groups in total. The maximum atomic E-state index is 8.91. The highest BCUT2D eigenvalue weighted by Gasteiger charge is 2.23. The Morgan fingerprint density at radius 1 is 0.941 bits per heavy atom. The molecule has 3 heteroatoms. The van der Waals surface area contributed by atoms with Crippen molar-refractivity contribution >= 4 is 0 Å². The van der Waals surface area contributed by atoms with E-state index in [1.807, 2.05) is 0 Å². The molecule has 0 bridgehead atoms. The minimum Gasteiger partial charge on any atom is -0.396 e. The van der Waals surface area contributed by atoms with E-state index in [0.29, 0.717) is 6.61 Å². The van der Waals surface area contributed by atoms with Crippen LogP contribution in [0.3, 0.4) is 0 Å². The van der Waals surface area contributed by atoms with Gasteiger partial charge in [0.05, 0.1) is 0 Å². The molecule has 17 heavy (non-hydrogen) atoms. The molecule has 0 radical (unpaired) electrons. The molecular weight excluding hydrogens is 212 g/mol. The van der Waals surface area contributed by atoms with Gasteiger partial charge in [-0.05, 0) is 77.7 Å². The van der Waals surface area contributed by atoms with Gasteiger partial charge in [-0.15, -0.1) is 0 Å². The van der Waals surface area contributed by atoms with Crippen LogP contribution in [-0.2, 0) is 0 Å². The number of likely N-dealkylation sites (tertiary alicyclic amines) is 2. The summed E-state index contributed by atoms with van der Waals surface area (Å²) in [7, 11) is 0. The van der Waals surface area contributed by atoms with Crippen molar-refractivity contribution in [1.29, 1.82) is 0 Å². The van der Waals surface area contributed by atoms with Gasteiger partial charge in [-0.2, -0.15) is 0 Å². The van der Waals surface area contributed by atoms with Crippen LogP contribution in [0.2, 0.25) is 0 Å². The zero-order chi connectivity index (χ0) is 11.9. The maximum absolute atomic E-state index is 8.91. The van der Waals surface area contributed by atoms with E-state index in [1.165, 1.54) is 71.2 Å². The van der Waals surface area contributed by atoms with E-state index in [-0.39, 0.29) is 0 Å². The van der Waals surface area contributed by atoms with Crippen molar-refractivity contribution in [2.75, 3.05) is 39.3 Å². The lowest BCUT2D eigenvalue weighted by Crippen LogP contribution is -2.32. The van der Waals surface area contributed by atoms with E-state index in [1.54, 1.807) is 0 Å². The van der Waals surface area contributed by atoms with Crippen LogP contribution in [0.4, 0.5) is 0 Å². The first-order valence-electron chi connectivity index (χ1n) is 7.47. The molecule has 0 amide bonds. The molecule has 2 heterocycles. The number of rotatable bonds is 7. The SMILES string of the molecule is OCCCC1CCCN1CCCN1CCCC1. The van der Waals surface area contributed by atoms with Gasteiger partial charge in [0.25, 0.3) is 0 Å². The highest BCUT2D eigenvalue weighted by atomic mass is 16.2. The Hall–Kier alpha value is -0.120. The van der Waals surface area contributed by atoms with Crippen LogP contribution in [-0.4, -0.2) is 60.3 Å². The van der Waals surface area contributed by atoms with Crippen LogP contribution >= 0.6 is 0 Å². The second kappa shape index (κ2) is 7.34. The normalized spacial score (nSPS) is 27.0. The Balaban J connectivity index is 1.59. The smallest absolute Gasteiger partial charge is 0.0431 e. The zero-order valence-corrected chi connectivity index (χ0v) is 11.1. The number of aliphatic hydroxyl groups is 1. The Bertz CT molecular complexity index is 204. The van der Waals surface area contributed by atoms with Crippen molar-refractivity contribution in [3.63, 3.8) is 0 Å². The Morgan fingerprint density at radius 2 is 1.76 bits per heavy atom. The van der Waals surface area contributed by atoms with Gasteiger partial charge < -0.3 is 14.9 Å². The van der Waals surface area contributed by atoms with Crippen LogP contribution in [0.5, 0.6) is 0 Å². The summed E-state index contributed by atoms with van der Waals surface area (Å²) in [6.45, 7) is 6.87. The topological polar surface area (TPSA) is 26.7 Å². The molecule has 1 unspecified atom stereocenters. The highest BCUT2D eigenvalue weighted by molar-refractivity contribution is 4.79. The van der Waals surface area contributed by atoms with Crippen LogP contribution in [0.1, 0.15) is 44.9 Å². The molecule has 0 saturated carbocycles. The molecule has 2 aliphatic rings. The first kappa shape index (κ1) is 13.3. The average molecular weight is 240 g/mol. The van der Waals surface area contributed by atoms with E-state index in [2.05, 4.69) is 9.80 Å². The van der Waals surface area contributed by atoms with Gasteiger partial charge in [-0.25, -0.2) is 0 Å². The third kappa shape index (κ3) is 4.23. The third-order valence-electron chi connectivity index (χ3n) is 4.31. The monoisotopic (exact) mass is 240 g/mol. The van der Waals surface area contributed by atoms with Gasteiger partial charge in [0.15, 0.2) is 0 Å². The average Bonchev–Trinajstić information content (AvgIpc) is 2.98. The van der Waals surface area contributed by atoms with Gasteiger partial charge in [-0.3, -0.25) is 0 Å². The van der Waals surface area contributed by atoms with Gasteiger partial charge in [0.1, 0.15) is 0 Å². The van der Waals surface area contributed by atoms with Crippen LogP contribution in [0.15, 0.2) is 0 Å². The number of hydrogen-bond acceptors (Lipinski definition) is 3. The predicted octanol–water partition coefficient (Wildman–Crippen LogP) is 1.71. The van der Waals surface area contributed by atoms with Crippen molar-refractivity contribution in [2.45, 2.75) is 51.0 Å². The summed E-state index contributed by atoms with van der Waals surface area (Å²) in [6, 6.07) is 0.765. The van der Waals surface area contributed by atoms with Gasteiger partial charge in [0.2, 0.25) is 0 Å². The van der Waals surface area contributed by atoms with Crippen molar-refractivity contribution in [1.82, 2.24) is 9.80 Å². The second-order valence-corrected chi connectivity index (χ2v) is 5.60. The lowest BCUT2D eigenvalue weighted by molar-refractivity contribution is 0.204. The minimum absolute atomic E-state index is 0.359. The van der Waals surface area contributed by atoms with Crippen molar-refractivity contribution in [3.05, 3.63) is 0 Å². The molecule has 2 aliphatic heterocycles. The fourth-order valence-corrected chi connectivity index (χ4v) is 3.35. The predicted molar refractivity (Wildman–Crippen MR) is 71.2 cm³/mol. The Morgan fingerprint density at radius 3 is 2.53 bits per heavy atom. The third-order valence-corrected chi connectivity index (χ3v) is 4.31. The lowest BCUT2D eigenvalue weighted by Gasteiger charge is -2.25. The standard InChI is InChI=1S/C14H28N2O/c17-13-4-7-14-6-3-11-16(14)12-5-10-15-8-1-2-9-15/h14,17H,1-13H2. The fraction of sp³-hybridized carbons (Fsp3) is 1.00. The summed E-state index contributed by atoms with van der Waals surface area (Å²) >= 11 is 0. The number of nitrogens with zero attached hydrogens (tertiary/aromatic N) is 2. The largest absolute Gasteiger partial charge is 0.396 e. The molecule has 0 aromatic rings. The molecule has 2 saturated heterocycles. The molecule has 0 aliphatic carbocycles. The van der Waals surface area contributed by atoms with Crippen molar-refractivity contribution in [3.8, 4) is 0 Å². The molecular formula is C14H28N2O. The van der Waals surface area contributed by atoms with E-state index < -0.39 is 0 Å². The summed E-state index contributed by atoms with van der Waals surface area (Å²) < 4.78 is 0. The molecule has 100 valence electrons. The van der Waals surface area contributed by atoms with Crippen molar-refractivity contribution < 1.29 is 5.11 Å². The minimum atomic E-state index is 0.359. The zero-order valence-electron chi connectivity index (χ0n) is 11.1. The molecule has 0 aromatic heterocycles. The van der Waals surface area contributed by atoms with E-state index >= 15 is 0 Å². The van der Waals surface area contributed by atoms with E-state index in [4.69, 9.17) is 5.11 Å². The quantitative estimate of drug-likeness (QED) is 0.734. The van der Waals surface area contributed by atoms with E-state index in [9.17, 15) is 0 Å².